The van der Waals surface area contributed by atoms with E-state index in [1.54, 1.807) is 14.2 Å². The van der Waals surface area contributed by atoms with Crippen molar-refractivity contribution in [2.24, 2.45) is 0 Å². The molecule has 0 N–H and O–H groups in total. The maximum atomic E-state index is 6.06. The molecule has 0 saturated heterocycles. The second-order valence-electron chi connectivity index (χ2n) is 7.63. The zero-order valence-corrected chi connectivity index (χ0v) is 19.1. The molecule has 0 unspecified atom stereocenters. The summed E-state index contributed by atoms with van der Waals surface area (Å²) in [6.07, 6.45) is 0. The summed E-state index contributed by atoms with van der Waals surface area (Å²) in [4.78, 5) is 0. The highest BCUT2D eigenvalue weighted by molar-refractivity contribution is 5.45. The van der Waals surface area contributed by atoms with Gasteiger partial charge in [0.1, 0.15) is 46.0 Å². The molecule has 4 aromatic rings. The van der Waals surface area contributed by atoms with Crippen LogP contribution in [-0.4, -0.2) is 14.2 Å². The van der Waals surface area contributed by atoms with Gasteiger partial charge in [0, 0.05) is 24.3 Å². The van der Waals surface area contributed by atoms with E-state index in [1.165, 1.54) is 0 Å². The second-order valence-corrected chi connectivity index (χ2v) is 7.63. The summed E-state index contributed by atoms with van der Waals surface area (Å²) < 4.78 is 28.8. The lowest BCUT2D eigenvalue weighted by molar-refractivity contribution is 0.408. The van der Waals surface area contributed by atoms with E-state index in [-0.39, 0.29) is 0 Å². The molecule has 0 aromatic heterocycles. The molecule has 0 fully saturated rings. The number of aryl methyl sites for hydroxylation is 2. The summed E-state index contributed by atoms with van der Waals surface area (Å²) in [7, 11) is 3.28. The number of ether oxygens (including phenoxy) is 5. The Hall–Kier alpha value is -4.12. The molecule has 0 saturated carbocycles. The highest BCUT2D eigenvalue weighted by atomic mass is 16.5. The Morgan fingerprint density at radius 1 is 0.394 bits per heavy atom. The standard InChI is InChI=1S/C28H26O5/c1-19-11-25(29-3)17-27(13-19)32-23-9-5-7-21(15-23)31-22-8-6-10-24(16-22)33-28-14-20(2)12-26(18-28)30-4/h5-18H,1-4H3. The maximum Gasteiger partial charge on any atom is 0.131 e. The van der Waals surface area contributed by atoms with Crippen molar-refractivity contribution >= 4 is 0 Å². The van der Waals surface area contributed by atoms with E-state index in [9.17, 15) is 0 Å². The lowest BCUT2D eigenvalue weighted by atomic mass is 10.2. The third-order valence-corrected chi connectivity index (χ3v) is 4.84. The lowest BCUT2D eigenvalue weighted by Gasteiger charge is -2.12. The Morgan fingerprint density at radius 3 is 1.06 bits per heavy atom. The quantitative estimate of drug-likeness (QED) is 0.280. The Balaban J connectivity index is 1.49. The molecule has 168 valence electrons. The Kier molecular flexibility index (Phi) is 6.69. The SMILES string of the molecule is COc1cc(C)cc(Oc2cccc(Oc3cccc(Oc4cc(C)cc(OC)c4)c3)c2)c1. The molecule has 0 bridgehead atoms. The Morgan fingerprint density at radius 2 is 0.697 bits per heavy atom. The monoisotopic (exact) mass is 442 g/mol. The maximum absolute atomic E-state index is 6.06. The molecule has 4 rings (SSSR count). The molecule has 0 atom stereocenters. The van der Waals surface area contributed by atoms with Crippen LogP contribution in [0.2, 0.25) is 0 Å². The molecule has 0 amide bonds. The van der Waals surface area contributed by atoms with Gasteiger partial charge < -0.3 is 23.7 Å². The van der Waals surface area contributed by atoms with Crippen molar-refractivity contribution in [3.63, 3.8) is 0 Å². The molecule has 0 aliphatic rings. The van der Waals surface area contributed by atoms with Crippen molar-refractivity contribution in [2.75, 3.05) is 14.2 Å². The molecule has 0 aliphatic carbocycles. The number of methoxy groups -OCH3 is 2. The van der Waals surface area contributed by atoms with Gasteiger partial charge >= 0.3 is 0 Å². The fraction of sp³-hybridized carbons (Fsp3) is 0.143. The molecule has 0 heterocycles. The van der Waals surface area contributed by atoms with Gasteiger partial charge in [-0.25, -0.2) is 0 Å². The summed E-state index contributed by atoms with van der Waals surface area (Å²) in [6.45, 7) is 3.99. The van der Waals surface area contributed by atoms with Crippen LogP contribution in [0.15, 0.2) is 84.9 Å². The fourth-order valence-electron chi connectivity index (χ4n) is 3.39. The molecule has 0 spiro atoms. The van der Waals surface area contributed by atoms with Crippen molar-refractivity contribution in [3.05, 3.63) is 96.1 Å². The smallest absolute Gasteiger partial charge is 0.131 e. The molecule has 0 radical (unpaired) electrons. The van der Waals surface area contributed by atoms with Gasteiger partial charge in [0.05, 0.1) is 14.2 Å². The van der Waals surface area contributed by atoms with Gasteiger partial charge in [-0.2, -0.15) is 0 Å². The van der Waals surface area contributed by atoms with Crippen molar-refractivity contribution in [2.45, 2.75) is 13.8 Å². The summed E-state index contributed by atoms with van der Waals surface area (Å²) in [5.41, 5.74) is 2.11. The van der Waals surface area contributed by atoms with Crippen LogP contribution in [0.1, 0.15) is 11.1 Å². The largest absolute Gasteiger partial charge is 0.497 e. The lowest BCUT2D eigenvalue weighted by Crippen LogP contribution is -1.91. The van der Waals surface area contributed by atoms with Gasteiger partial charge in [-0.05, 0) is 73.5 Å². The van der Waals surface area contributed by atoms with Crippen molar-refractivity contribution in [1.82, 2.24) is 0 Å². The van der Waals surface area contributed by atoms with Crippen LogP contribution in [0, 0.1) is 13.8 Å². The first-order valence-electron chi connectivity index (χ1n) is 10.6. The number of benzene rings is 4. The van der Waals surface area contributed by atoms with Crippen molar-refractivity contribution in [3.8, 4) is 46.0 Å². The van der Waals surface area contributed by atoms with E-state index >= 15 is 0 Å². The average molecular weight is 443 g/mol. The van der Waals surface area contributed by atoms with Crippen LogP contribution in [-0.2, 0) is 0 Å². The van der Waals surface area contributed by atoms with Gasteiger partial charge in [0.2, 0.25) is 0 Å². The number of hydrogen-bond acceptors (Lipinski definition) is 5. The zero-order valence-electron chi connectivity index (χ0n) is 19.1. The first kappa shape index (κ1) is 22.1. The highest BCUT2D eigenvalue weighted by Crippen LogP contribution is 2.33. The van der Waals surface area contributed by atoms with Crippen LogP contribution in [0.3, 0.4) is 0 Å². The second kappa shape index (κ2) is 10.0. The van der Waals surface area contributed by atoms with Gasteiger partial charge in [-0.3, -0.25) is 0 Å². The fourth-order valence-corrected chi connectivity index (χ4v) is 3.39. The highest BCUT2D eigenvalue weighted by Gasteiger charge is 2.07. The van der Waals surface area contributed by atoms with E-state index in [4.69, 9.17) is 23.7 Å². The number of rotatable bonds is 8. The summed E-state index contributed by atoms with van der Waals surface area (Å²) >= 11 is 0. The molecule has 0 aliphatic heterocycles. The van der Waals surface area contributed by atoms with E-state index in [0.29, 0.717) is 34.5 Å². The summed E-state index contributed by atoms with van der Waals surface area (Å²) in [5.74, 6) is 5.55. The minimum atomic E-state index is 0.654. The predicted molar refractivity (Wildman–Crippen MR) is 129 cm³/mol. The van der Waals surface area contributed by atoms with E-state index in [2.05, 4.69) is 0 Å². The van der Waals surface area contributed by atoms with Gasteiger partial charge in [-0.1, -0.05) is 12.1 Å². The normalized spacial score (nSPS) is 10.4. The average Bonchev–Trinajstić information content (AvgIpc) is 2.78. The summed E-state index contributed by atoms with van der Waals surface area (Å²) in [5, 5.41) is 0. The third kappa shape index (κ3) is 5.98. The minimum absolute atomic E-state index is 0.654. The first-order valence-corrected chi connectivity index (χ1v) is 10.6. The predicted octanol–water partition coefficient (Wildman–Crippen LogP) is 7.70. The van der Waals surface area contributed by atoms with Crippen molar-refractivity contribution < 1.29 is 23.7 Å². The Bertz CT molecular complexity index is 1150. The Labute approximate surface area is 194 Å². The van der Waals surface area contributed by atoms with Gasteiger partial charge in [0.15, 0.2) is 0 Å². The zero-order chi connectivity index (χ0) is 23.2. The molecule has 5 nitrogen and oxygen atoms in total. The molecule has 33 heavy (non-hydrogen) atoms. The molecule has 4 aromatic carbocycles. The summed E-state index contributed by atoms with van der Waals surface area (Å²) in [6, 6.07) is 26.5. The van der Waals surface area contributed by atoms with Crippen LogP contribution < -0.4 is 23.7 Å². The molecular formula is C28H26O5. The van der Waals surface area contributed by atoms with E-state index < -0.39 is 0 Å². The van der Waals surface area contributed by atoms with Crippen LogP contribution in [0.4, 0.5) is 0 Å². The van der Waals surface area contributed by atoms with Crippen LogP contribution in [0.25, 0.3) is 0 Å². The van der Waals surface area contributed by atoms with E-state index in [0.717, 1.165) is 22.6 Å². The van der Waals surface area contributed by atoms with Crippen molar-refractivity contribution in [1.29, 1.82) is 0 Å². The van der Waals surface area contributed by atoms with E-state index in [1.807, 2.05) is 98.8 Å². The third-order valence-electron chi connectivity index (χ3n) is 4.84. The van der Waals surface area contributed by atoms with Crippen LogP contribution in [0.5, 0.6) is 46.0 Å². The molecule has 5 heteroatoms. The van der Waals surface area contributed by atoms with Crippen LogP contribution >= 0.6 is 0 Å². The van der Waals surface area contributed by atoms with Gasteiger partial charge in [0.25, 0.3) is 0 Å². The topological polar surface area (TPSA) is 46.2 Å². The van der Waals surface area contributed by atoms with Gasteiger partial charge in [-0.15, -0.1) is 0 Å². The minimum Gasteiger partial charge on any atom is -0.497 e. The first-order chi connectivity index (χ1) is 16.0. The number of hydrogen-bond donors (Lipinski definition) is 0. The molecular weight excluding hydrogens is 416 g/mol.